The van der Waals surface area contributed by atoms with E-state index in [1.165, 1.54) is 22.9 Å². The first-order valence-electron chi connectivity index (χ1n) is 7.01. The summed E-state index contributed by atoms with van der Waals surface area (Å²) in [6.45, 7) is 8.11. The van der Waals surface area contributed by atoms with Gasteiger partial charge < -0.3 is 5.32 Å². The minimum atomic E-state index is 0.0329. The molecule has 0 bridgehead atoms. The van der Waals surface area contributed by atoms with E-state index >= 15 is 0 Å². The molecule has 0 aliphatic carbocycles. The Morgan fingerprint density at radius 2 is 2.14 bits per heavy atom. The molecule has 1 aromatic heterocycles. The SMILES string of the molecule is Cc1cccc(-n2ccnc2SCC(=O)NC(C)C)c1C. The molecule has 0 fully saturated rings. The van der Waals surface area contributed by atoms with Crippen molar-refractivity contribution in [2.24, 2.45) is 0 Å². The molecule has 0 saturated heterocycles. The van der Waals surface area contributed by atoms with E-state index in [1.54, 1.807) is 6.20 Å². The Kier molecular flexibility index (Phi) is 5.07. The molecule has 0 saturated carbocycles. The predicted molar refractivity (Wildman–Crippen MR) is 87.0 cm³/mol. The maximum Gasteiger partial charge on any atom is 0.230 e. The van der Waals surface area contributed by atoms with E-state index < -0.39 is 0 Å². The number of nitrogens with zero attached hydrogens (tertiary/aromatic N) is 2. The molecule has 0 unspecified atom stereocenters. The largest absolute Gasteiger partial charge is 0.353 e. The Hall–Kier alpha value is -1.75. The molecule has 2 rings (SSSR count). The van der Waals surface area contributed by atoms with Crippen molar-refractivity contribution in [3.05, 3.63) is 41.7 Å². The Morgan fingerprint density at radius 3 is 2.86 bits per heavy atom. The van der Waals surface area contributed by atoms with E-state index in [4.69, 9.17) is 0 Å². The van der Waals surface area contributed by atoms with E-state index in [1.807, 2.05) is 30.7 Å². The van der Waals surface area contributed by atoms with E-state index in [0.29, 0.717) is 5.75 Å². The van der Waals surface area contributed by atoms with Gasteiger partial charge in [0.25, 0.3) is 0 Å². The first kappa shape index (κ1) is 15.6. The van der Waals surface area contributed by atoms with Gasteiger partial charge in [0.2, 0.25) is 5.91 Å². The molecule has 112 valence electrons. The zero-order valence-corrected chi connectivity index (χ0v) is 13.7. The molecular formula is C16H21N3OS. The van der Waals surface area contributed by atoms with Gasteiger partial charge in [-0.05, 0) is 44.9 Å². The number of rotatable bonds is 5. The lowest BCUT2D eigenvalue weighted by Gasteiger charge is -2.12. The quantitative estimate of drug-likeness (QED) is 0.863. The second-order valence-corrected chi connectivity index (χ2v) is 6.25. The normalized spacial score (nSPS) is 10.9. The average Bonchev–Trinajstić information content (AvgIpc) is 2.87. The number of benzene rings is 1. The molecular weight excluding hydrogens is 282 g/mol. The molecule has 0 spiro atoms. The van der Waals surface area contributed by atoms with Crippen LogP contribution in [0.5, 0.6) is 0 Å². The number of aromatic nitrogens is 2. The van der Waals surface area contributed by atoms with Gasteiger partial charge in [-0.3, -0.25) is 9.36 Å². The van der Waals surface area contributed by atoms with Gasteiger partial charge in [0.15, 0.2) is 5.16 Å². The van der Waals surface area contributed by atoms with Crippen molar-refractivity contribution >= 4 is 17.7 Å². The standard InChI is InChI=1S/C16H21N3OS/c1-11(2)18-15(20)10-21-16-17-8-9-19(16)14-7-5-6-12(3)13(14)4/h5-9,11H,10H2,1-4H3,(H,18,20). The van der Waals surface area contributed by atoms with Crippen LogP contribution in [0.1, 0.15) is 25.0 Å². The lowest BCUT2D eigenvalue weighted by atomic mass is 10.1. The fraction of sp³-hybridized carbons (Fsp3) is 0.375. The number of amides is 1. The maximum atomic E-state index is 11.7. The van der Waals surface area contributed by atoms with Gasteiger partial charge in [-0.15, -0.1) is 0 Å². The zero-order chi connectivity index (χ0) is 15.4. The van der Waals surface area contributed by atoms with Crippen molar-refractivity contribution in [2.45, 2.75) is 38.9 Å². The summed E-state index contributed by atoms with van der Waals surface area (Å²) in [5.74, 6) is 0.408. The average molecular weight is 303 g/mol. The Balaban J connectivity index is 2.16. The van der Waals surface area contributed by atoms with Gasteiger partial charge in [0, 0.05) is 18.4 Å². The van der Waals surface area contributed by atoms with Crippen molar-refractivity contribution in [2.75, 3.05) is 5.75 Å². The van der Waals surface area contributed by atoms with Crippen LogP contribution in [0.25, 0.3) is 5.69 Å². The third-order valence-electron chi connectivity index (χ3n) is 3.22. The second-order valence-electron chi connectivity index (χ2n) is 5.31. The van der Waals surface area contributed by atoms with Crippen molar-refractivity contribution in [3.63, 3.8) is 0 Å². The molecule has 5 heteroatoms. The van der Waals surface area contributed by atoms with Gasteiger partial charge in [-0.2, -0.15) is 0 Å². The summed E-state index contributed by atoms with van der Waals surface area (Å²) in [7, 11) is 0. The van der Waals surface area contributed by atoms with Gasteiger partial charge in [-0.1, -0.05) is 23.9 Å². The van der Waals surface area contributed by atoms with E-state index in [9.17, 15) is 4.79 Å². The van der Waals surface area contributed by atoms with Gasteiger partial charge >= 0.3 is 0 Å². The number of carbonyl (C=O) groups is 1. The highest BCUT2D eigenvalue weighted by Crippen LogP contribution is 2.24. The van der Waals surface area contributed by atoms with Crippen LogP contribution < -0.4 is 5.32 Å². The Labute approximate surface area is 130 Å². The third-order valence-corrected chi connectivity index (χ3v) is 4.19. The molecule has 1 heterocycles. The first-order valence-corrected chi connectivity index (χ1v) is 7.99. The molecule has 0 atom stereocenters. The number of aryl methyl sites for hydroxylation is 1. The molecule has 1 aromatic carbocycles. The van der Waals surface area contributed by atoms with E-state index in [0.717, 1.165) is 10.8 Å². The van der Waals surface area contributed by atoms with E-state index in [2.05, 4.69) is 36.3 Å². The molecule has 21 heavy (non-hydrogen) atoms. The second kappa shape index (κ2) is 6.80. The minimum Gasteiger partial charge on any atom is -0.353 e. The van der Waals surface area contributed by atoms with Crippen molar-refractivity contribution < 1.29 is 4.79 Å². The van der Waals surface area contributed by atoms with Crippen LogP contribution >= 0.6 is 11.8 Å². The molecule has 2 aromatic rings. The van der Waals surface area contributed by atoms with Crippen LogP contribution in [0, 0.1) is 13.8 Å². The zero-order valence-electron chi connectivity index (χ0n) is 12.9. The monoisotopic (exact) mass is 303 g/mol. The number of hydrogen-bond donors (Lipinski definition) is 1. The smallest absolute Gasteiger partial charge is 0.230 e. The van der Waals surface area contributed by atoms with Crippen LogP contribution in [0.3, 0.4) is 0 Å². The summed E-state index contributed by atoms with van der Waals surface area (Å²) < 4.78 is 2.04. The highest BCUT2D eigenvalue weighted by molar-refractivity contribution is 7.99. The summed E-state index contributed by atoms with van der Waals surface area (Å²) in [4.78, 5) is 16.1. The fourth-order valence-corrected chi connectivity index (χ4v) is 2.85. The van der Waals surface area contributed by atoms with Crippen LogP contribution in [0.2, 0.25) is 0 Å². The van der Waals surface area contributed by atoms with Crippen LogP contribution in [-0.2, 0) is 4.79 Å². The third kappa shape index (κ3) is 3.88. The molecule has 0 aliphatic heterocycles. The highest BCUT2D eigenvalue weighted by Gasteiger charge is 2.11. The van der Waals surface area contributed by atoms with Crippen molar-refractivity contribution in [1.29, 1.82) is 0 Å². The fourth-order valence-electron chi connectivity index (χ4n) is 2.07. The molecule has 0 aliphatic rings. The van der Waals surface area contributed by atoms with Crippen LogP contribution in [0.15, 0.2) is 35.7 Å². The molecule has 1 amide bonds. The number of nitrogens with one attached hydrogen (secondary N) is 1. The van der Waals surface area contributed by atoms with Crippen LogP contribution in [-0.4, -0.2) is 27.3 Å². The summed E-state index contributed by atoms with van der Waals surface area (Å²) >= 11 is 1.45. The number of thioether (sulfide) groups is 1. The summed E-state index contributed by atoms with van der Waals surface area (Å²) in [6, 6.07) is 6.37. The Bertz CT molecular complexity index is 634. The topological polar surface area (TPSA) is 46.9 Å². The lowest BCUT2D eigenvalue weighted by molar-refractivity contribution is -0.119. The summed E-state index contributed by atoms with van der Waals surface area (Å²) in [6.07, 6.45) is 3.70. The molecule has 0 radical (unpaired) electrons. The maximum absolute atomic E-state index is 11.7. The van der Waals surface area contributed by atoms with Crippen LogP contribution in [0.4, 0.5) is 0 Å². The lowest BCUT2D eigenvalue weighted by Crippen LogP contribution is -2.31. The number of hydrogen-bond acceptors (Lipinski definition) is 3. The number of carbonyl (C=O) groups excluding carboxylic acids is 1. The summed E-state index contributed by atoms with van der Waals surface area (Å²) in [5, 5.41) is 3.72. The summed E-state index contributed by atoms with van der Waals surface area (Å²) in [5.41, 5.74) is 3.58. The van der Waals surface area contributed by atoms with Crippen molar-refractivity contribution in [1.82, 2.24) is 14.9 Å². The van der Waals surface area contributed by atoms with Gasteiger partial charge in [0.05, 0.1) is 11.4 Å². The van der Waals surface area contributed by atoms with Crippen molar-refractivity contribution in [3.8, 4) is 5.69 Å². The first-order chi connectivity index (χ1) is 9.99. The number of imidazole rings is 1. The predicted octanol–water partition coefficient (Wildman–Crippen LogP) is 3.11. The molecule has 4 nitrogen and oxygen atoms in total. The van der Waals surface area contributed by atoms with Gasteiger partial charge in [0.1, 0.15) is 0 Å². The highest BCUT2D eigenvalue weighted by atomic mass is 32.2. The minimum absolute atomic E-state index is 0.0329. The van der Waals surface area contributed by atoms with Gasteiger partial charge in [-0.25, -0.2) is 4.98 Å². The Morgan fingerprint density at radius 1 is 1.38 bits per heavy atom. The van der Waals surface area contributed by atoms with E-state index in [-0.39, 0.29) is 11.9 Å². The molecule has 1 N–H and O–H groups in total.